The highest BCUT2D eigenvalue weighted by Crippen LogP contribution is 2.51. The molecule has 1 saturated heterocycles. The minimum atomic E-state index is 0. The van der Waals surface area contributed by atoms with Crippen LogP contribution < -0.4 is 17.3 Å². The Balaban J connectivity index is 0.00000133. The van der Waals surface area contributed by atoms with Gasteiger partial charge in [0.2, 0.25) is 0 Å². The number of fused-ring (bicyclic) bond motifs is 1. The van der Waals surface area contributed by atoms with Crippen molar-refractivity contribution in [2.24, 2.45) is 17.8 Å². The number of carbonyl (C=O) groups is 1. The smallest absolute Gasteiger partial charge is 0.310 e. The summed E-state index contributed by atoms with van der Waals surface area (Å²) in [4.78, 5) is 13.6. The third-order valence-electron chi connectivity index (χ3n) is 4.50. The van der Waals surface area contributed by atoms with Gasteiger partial charge in [-0.3, -0.25) is 4.79 Å². The van der Waals surface area contributed by atoms with Gasteiger partial charge in [0.15, 0.2) is 0 Å². The Bertz CT molecular complexity index is 374. The molecule has 1 heterocycles. The largest absolute Gasteiger partial charge is 1.00 e. The third-order valence-corrected chi connectivity index (χ3v) is 4.50. The molecule has 3 aliphatic rings. The number of allylic oxidation sites excluding steroid dienone is 4. The van der Waals surface area contributed by atoms with Crippen molar-refractivity contribution >= 4 is 5.97 Å². The maximum Gasteiger partial charge on any atom is 0.310 e. The molecule has 1 saturated carbocycles. The van der Waals surface area contributed by atoms with E-state index in [1.165, 1.54) is 25.9 Å². The Morgan fingerprint density at radius 2 is 2.05 bits per heavy atom. The van der Waals surface area contributed by atoms with E-state index in [0.717, 1.165) is 13.0 Å². The van der Waals surface area contributed by atoms with Crippen LogP contribution in [0.4, 0.5) is 0 Å². The summed E-state index contributed by atoms with van der Waals surface area (Å²) in [6, 6.07) is 0. The summed E-state index contributed by atoms with van der Waals surface area (Å²) < 4.78 is 5.44. The van der Waals surface area contributed by atoms with Gasteiger partial charge >= 0.3 is 5.97 Å². The van der Waals surface area contributed by atoms with Crippen LogP contribution in [-0.4, -0.2) is 32.2 Å². The number of nitrogens with one attached hydrogen (secondary N) is 1. The molecular weight excluding hydrogens is 262 g/mol. The second-order valence-electron chi connectivity index (χ2n) is 5.69. The lowest BCUT2D eigenvalue weighted by atomic mass is 10.2. The van der Waals surface area contributed by atoms with Gasteiger partial charge in [0.25, 0.3) is 0 Å². The fourth-order valence-corrected chi connectivity index (χ4v) is 3.32. The summed E-state index contributed by atoms with van der Waals surface area (Å²) >= 11 is 0. The second-order valence-corrected chi connectivity index (χ2v) is 5.69. The molecule has 106 valence electrons. The van der Waals surface area contributed by atoms with Gasteiger partial charge < -0.3 is 22.0 Å². The van der Waals surface area contributed by atoms with Crippen molar-refractivity contribution in [1.82, 2.24) is 0 Å². The number of esters is 1. The summed E-state index contributed by atoms with van der Waals surface area (Å²) in [7, 11) is 0. The van der Waals surface area contributed by atoms with E-state index in [0.29, 0.717) is 18.4 Å². The van der Waals surface area contributed by atoms with Crippen LogP contribution in [0.3, 0.4) is 0 Å². The summed E-state index contributed by atoms with van der Waals surface area (Å²) in [5.74, 6) is 1.11. The molecule has 1 aliphatic heterocycles. The molecular formula is C15H22ClNO2. The average molecular weight is 284 g/mol. The zero-order valence-electron chi connectivity index (χ0n) is 11.2. The molecule has 0 bridgehead atoms. The van der Waals surface area contributed by atoms with Crippen LogP contribution in [-0.2, 0) is 9.53 Å². The van der Waals surface area contributed by atoms with Crippen LogP contribution in [0.25, 0.3) is 0 Å². The van der Waals surface area contributed by atoms with Crippen molar-refractivity contribution in [2.45, 2.75) is 19.3 Å². The monoisotopic (exact) mass is 283 g/mol. The molecule has 2 fully saturated rings. The summed E-state index contributed by atoms with van der Waals surface area (Å²) in [6.07, 6.45) is 12.1. The van der Waals surface area contributed by atoms with Crippen molar-refractivity contribution in [3.05, 3.63) is 24.3 Å². The fourth-order valence-electron chi connectivity index (χ4n) is 3.32. The maximum atomic E-state index is 12.0. The van der Waals surface area contributed by atoms with E-state index in [9.17, 15) is 4.79 Å². The molecule has 0 spiro atoms. The van der Waals surface area contributed by atoms with Gasteiger partial charge in [0, 0.05) is 12.8 Å². The van der Waals surface area contributed by atoms with Crippen molar-refractivity contribution < 1.29 is 26.8 Å². The van der Waals surface area contributed by atoms with Crippen LogP contribution in [0, 0.1) is 17.8 Å². The first-order valence-corrected chi connectivity index (χ1v) is 7.20. The van der Waals surface area contributed by atoms with Crippen molar-refractivity contribution in [2.75, 3.05) is 26.2 Å². The Hall–Kier alpha value is -0.800. The molecule has 3 rings (SSSR count). The first kappa shape index (κ1) is 14.6. The second kappa shape index (κ2) is 6.58. The fraction of sp³-hybridized carbons (Fsp3) is 0.667. The number of rotatable bonds is 4. The van der Waals surface area contributed by atoms with Crippen LogP contribution in [0.5, 0.6) is 0 Å². The zero-order chi connectivity index (χ0) is 12.4. The lowest BCUT2D eigenvalue weighted by molar-refractivity contribution is -0.887. The predicted molar refractivity (Wildman–Crippen MR) is 69.1 cm³/mol. The third kappa shape index (κ3) is 3.40. The van der Waals surface area contributed by atoms with E-state index in [2.05, 4.69) is 24.3 Å². The zero-order valence-corrected chi connectivity index (χ0v) is 11.9. The maximum absolute atomic E-state index is 12.0. The van der Waals surface area contributed by atoms with Crippen molar-refractivity contribution in [3.8, 4) is 0 Å². The first-order chi connectivity index (χ1) is 8.86. The first-order valence-electron chi connectivity index (χ1n) is 7.20. The molecule has 4 heteroatoms. The Labute approximate surface area is 121 Å². The van der Waals surface area contributed by atoms with Crippen LogP contribution in [0.2, 0.25) is 0 Å². The lowest BCUT2D eigenvalue weighted by Gasteiger charge is -2.11. The SMILES string of the molecule is O=C(OCC[NH+]1CCCC1)C1C2C=CC=CCC21.[Cl-]. The molecule has 0 aromatic carbocycles. The molecule has 0 radical (unpaired) electrons. The Kier molecular flexibility index (Phi) is 5.06. The van der Waals surface area contributed by atoms with Gasteiger partial charge in [-0.25, -0.2) is 0 Å². The molecule has 3 atom stereocenters. The minimum Gasteiger partial charge on any atom is -1.00 e. The topological polar surface area (TPSA) is 30.7 Å². The van der Waals surface area contributed by atoms with E-state index in [4.69, 9.17) is 4.74 Å². The van der Waals surface area contributed by atoms with Crippen LogP contribution >= 0.6 is 0 Å². The van der Waals surface area contributed by atoms with Gasteiger partial charge in [-0.2, -0.15) is 0 Å². The Morgan fingerprint density at radius 1 is 1.26 bits per heavy atom. The average Bonchev–Trinajstić information content (AvgIpc) is 2.89. The number of ether oxygens (including phenoxy) is 1. The van der Waals surface area contributed by atoms with E-state index in [1.807, 2.05) is 0 Å². The standard InChI is InChI=1S/C15H21NO2.ClH/c17-15(18-11-10-16-8-4-5-9-16)14-12-6-2-1-3-7-13(12)14;/h1-3,6,12-14H,4-5,7-11H2;1H. The van der Waals surface area contributed by atoms with Gasteiger partial charge in [-0.1, -0.05) is 24.3 Å². The molecule has 0 aromatic heterocycles. The lowest BCUT2D eigenvalue weighted by Crippen LogP contribution is -3.10. The highest BCUT2D eigenvalue weighted by Gasteiger charge is 2.53. The van der Waals surface area contributed by atoms with Gasteiger partial charge in [-0.15, -0.1) is 0 Å². The molecule has 0 aromatic rings. The normalized spacial score (nSPS) is 32.3. The van der Waals surface area contributed by atoms with Gasteiger partial charge in [0.1, 0.15) is 13.2 Å². The van der Waals surface area contributed by atoms with Gasteiger partial charge in [0.05, 0.1) is 19.0 Å². The van der Waals surface area contributed by atoms with E-state index >= 15 is 0 Å². The number of halogens is 1. The number of carbonyl (C=O) groups excluding carboxylic acids is 1. The molecule has 3 nitrogen and oxygen atoms in total. The number of hydrogen-bond donors (Lipinski definition) is 1. The van der Waals surface area contributed by atoms with Crippen LogP contribution in [0.1, 0.15) is 19.3 Å². The minimum absolute atomic E-state index is 0. The Morgan fingerprint density at radius 3 is 2.84 bits per heavy atom. The number of quaternary nitrogens is 1. The predicted octanol–water partition coefficient (Wildman–Crippen LogP) is -2.41. The molecule has 19 heavy (non-hydrogen) atoms. The van der Waals surface area contributed by atoms with E-state index in [-0.39, 0.29) is 24.3 Å². The van der Waals surface area contributed by atoms with Gasteiger partial charge in [-0.05, 0) is 18.3 Å². The molecule has 0 amide bonds. The highest BCUT2D eigenvalue weighted by molar-refractivity contribution is 5.77. The highest BCUT2D eigenvalue weighted by atomic mass is 35.5. The van der Waals surface area contributed by atoms with E-state index in [1.54, 1.807) is 4.90 Å². The summed E-state index contributed by atoms with van der Waals surface area (Å²) in [6.45, 7) is 4.09. The van der Waals surface area contributed by atoms with E-state index < -0.39 is 0 Å². The molecule has 3 unspecified atom stereocenters. The van der Waals surface area contributed by atoms with Crippen molar-refractivity contribution in [1.29, 1.82) is 0 Å². The summed E-state index contributed by atoms with van der Waals surface area (Å²) in [5, 5.41) is 0. The summed E-state index contributed by atoms with van der Waals surface area (Å²) in [5.41, 5.74) is 0. The molecule has 2 aliphatic carbocycles. The number of likely N-dealkylation sites (tertiary alicyclic amines) is 1. The number of hydrogen-bond acceptors (Lipinski definition) is 2. The van der Waals surface area contributed by atoms with Crippen molar-refractivity contribution in [3.63, 3.8) is 0 Å². The quantitative estimate of drug-likeness (QED) is 0.583. The van der Waals surface area contributed by atoms with Crippen LogP contribution in [0.15, 0.2) is 24.3 Å². The molecule has 1 N–H and O–H groups in total.